The van der Waals surface area contributed by atoms with Crippen LogP contribution in [0.4, 0.5) is 0 Å². The average molecular weight is 237 g/mol. The van der Waals surface area contributed by atoms with E-state index in [0.717, 1.165) is 11.5 Å². The van der Waals surface area contributed by atoms with Crippen molar-refractivity contribution in [3.05, 3.63) is 29.8 Å². The molecule has 1 N–H and O–H groups in total. The fraction of sp³-hybridized carbons (Fsp3) is 0.111. The van der Waals surface area contributed by atoms with E-state index in [4.69, 9.17) is 9.84 Å². The van der Waals surface area contributed by atoms with Crippen molar-refractivity contribution in [1.82, 2.24) is 14.3 Å². The van der Waals surface area contributed by atoms with E-state index < -0.39 is 5.97 Å². The summed E-state index contributed by atoms with van der Waals surface area (Å²) in [6.45, 7) is 1.75. The molecule has 7 heteroatoms. The van der Waals surface area contributed by atoms with Gasteiger partial charge in [-0.2, -0.15) is 9.36 Å². The molecule has 0 saturated heterocycles. The summed E-state index contributed by atoms with van der Waals surface area (Å²) in [5.74, 6) is -0.107. The molecule has 2 aromatic rings. The van der Waals surface area contributed by atoms with E-state index in [0.29, 0.717) is 16.8 Å². The standard InChI is InChI=1S/C9H7N3O3S/c1-5-11-9(16-12-5)15-7-2-6(8(13)14)3-10-4-7/h2-4H,1H3,(H,13,14). The predicted molar refractivity (Wildman–Crippen MR) is 55.9 cm³/mol. The fourth-order valence-corrected chi connectivity index (χ4v) is 1.57. The van der Waals surface area contributed by atoms with Crippen LogP contribution in [0.3, 0.4) is 0 Å². The van der Waals surface area contributed by atoms with Crippen LogP contribution in [0, 0.1) is 6.92 Å². The first-order chi connectivity index (χ1) is 7.65. The van der Waals surface area contributed by atoms with Gasteiger partial charge in [0.05, 0.1) is 11.8 Å². The summed E-state index contributed by atoms with van der Waals surface area (Å²) >= 11 is 1.10. The van der Waals surface area contributed by atoms with E-state index in [-0.39, 0.29) is 5.56 Å². The van der Waals surface area contributed by atoms with Gasteiger partial charge in [-0.15, -0.1) is 0 Å². The average Bonchev–Trinajstić information content (AvgIpc) is 2.64. The lowest BCUT2D eigenvalue weighted by molar-refractivity contribution is 0.0696. The lowest BCUT2D eigenvalue weighted by Crippen LogP contribution is -1.97. The Labute approximate surface area is 94.7 Å². The highest BCUT2D eigenvalue weighted by Crippen LogP contribution is 2.22. The van der Waals surface area contributed by atoms with Gasteiger partial charge in [0.1, 0.15) is 11.6 Å². The molecule has 0 fully saturated rings. The number of aryl methyl sites for hydroxylation is 1. The Bertz CT molecular complexity index is 526. The van der Waals surface area contributed by atoms with Crippen LogP contribution >= 0.6 is 11.5 Å². The summed E-state index contributed by atoms with van der Waals surface area (Å²) in [6, 6.07) is 1.38. The highest BCUT2D eigenvalue weighted by molar-refractivity contribution is 7.07. The molecule has 0 saturated carbocycles. The maximum absolute atomic E-state index is 10.7. The Morgan fingerprint density at radius 1 is 1.50 bits per heavy atom. The van der Waals surface area contributed by atoms with Crippen molar-refractivity contribution in [2.45, 2.75) is 6.92 Å². The summed E-state index contributed by atoms with van der Waals surface area (Å²) in [5, 5.41) is 9.12. The van der Waals surface area contributed by atoms with Crippen molar-refractivity contribution in [3.8, 4) is 10.9 Å². The Hall–Kier alpha value is -2.02. The van der Waals surface area contributed by atoms with E-state index in [1.807, 2.05) is 0 Å². The third kappa shape index (κ3) is 2.31. The van der Waals surface area contributed by atoms with Gasteiger partial charge in [0.15, 0.2) is 0 Å². The van der Waals surface area contributed by atoms with Crippen LogP contribution < -0.4 is 4.74 Å². The molecule has 0 unspecified atom stereocenters. The molecule has 2 aromatic heterocycles. The minimum atomic E-state index is -1.05. The first-order valence-corrected chi connectivity index (χ1v) is 5.09. The van der Waals surface area contributed by atoms with Crippen LogP contribution in [0.1, 0.15) is 16.2 Å². The molecule has 82 valence electrons. The van der Waals surface area contributed by atoms with Crippen molar-refractivity contribution in [2.75, 3.05) is 0 Å². The normalized spacial score (nSPS) is 10.1. The van der Waals surface area contributed by atoms with Crippen molar-refractivity contribution < 1.29 is 14.6 Å². The van der Waals surface area contributed by atoms with Crippen LogP contribution in [0.2, 0.25) is 0 Å². The molecule has 6 nitrogen and oxygen atoms in total. The molecule has 2 heterocycles. The number of aromatic carboxylic acids is 1. The molecular formula is C9H7N3O3S. The second kappa shape index (κ2) is 4.23. The van der Waals surface area contributed by atoms with Gasteiger partial charge in [-0.3, -0.25) is 4.98 Å². The maximum Gasteiger partial charge on any atom is 0.337 e. The number of carbonyl (C=O) groups is 1. The van der Waals surface area contributed by atoms with Crippen molar-refractivity contribution in [2.24, 2.45) is 0 Å². The number of pyridine rings is 1. The van der Waals surface area contributed by atoms with Crippen LogP contribution in [0.25, 0.3) is 0 Å². The van der Waals surface area contributed by atoms with Crippen molar-refractivity contribution in [1.29, 1.82) is 0 Å². The molecule has 16 heavy (non-hydrogen) atoms. The van der Waals surface area contributed by atoms with Crippen LogP contribution in [-0.2, 0) is 0 Å². The Balaban J connectivity index is 2.21. The first kappa shape index (κ1) is 10.5. The monoisotopic (exact) mass is 237 g/mol. The number of ether oxygens (including phenoxy) is 1. The summed E-state index contributed by atoms with van der Waals surface area (Å²) < 4.78 is 9.25. The fourth-order valence-electron chi connectivity index (χ4n) is 1.01. The maximum atomic E-state index is 10.7. The van der Waals surface area contributed by atoms with Gasteiger partial charge in [-0.25, -0.2) is 4.79 Å². The zero-order valence-electron chi connectivity index (χ0n) is 8.25. The SMILES string of the molecule is Cc1nsc(Oc2cncc(C(=O)O)c2)n1. The number of hydrogen-bond donors (Lipinski definition) is 1. The van der Waals surface area contributed by atoms with E-state index in [1.54, 1.807) is 6.92 Å². The molecule has 0 amide bonds. The second-order valence-electron chi connectivity index (χ2n) is 2.92. The highest BCUT2D eigenvalue weighted by atomic mass is 32.1. The van der Waals surface area contributed by atoms with Crippen LogP contribution in [-0.4, -0.2) is 25.4 Å². The van der Waals surface area contributed by atoms with Gasteiger partial charge in [-0.05, 0) is 13.0 Å². The van der Waals surface area contributed by atoms with Crippen LogP contribution in [0.15, 0.2) is 18.5 Å². The smallest absolute Gasteiger partial charge is 0.337 e. The number of carboxylic acids is 1. The first-order valence-electron chi connectivity index (χ1n) is 4.31. The lowest BCUT2D eigenvalue weighted by Gasteiger charge is -2.00. The number of nitrogens with zero attached hydrogens (tertiary/aromatic N) is 3. The molecular weight excluding hydrogens is 230 g/mol. The summed E-state index contributed by atoms with van der Waals surface area (Å²) in [5.41, 5.74) is 0.0683. The van der Waals surface area contributed by atoms with Gasteiger partial charge < -0.3 is 9.84 Å². The Morgan fingerprint density at radius 2 is 2.31 bits per heavy atom. The number of rotatable bonds is 3. The molecule has 0 spiro atoms. The summed E-state index contributed by atoms with van der Waals surface area (Å²) in [4.78, 5) is 18.4. The number of aromatic nitrogens is 3. The molecule has 0 radical (unpaired) electrons. The zero-order valence-corrected chi connectivity index (χ0v) is 9.06. The second-order valence-corrected chi connectivity index (χ2v) is 3.64. The van der Waals surface area contributed by atoms with Gasteiger partial charge >= 0.3 is 5.97 Å². The van der Waals surface area contributed by atoms with Gasteiger partial charge in [0.25, 0.3) is 5.19 Å². The molecule has 0 bridgehead atoms. The van der Waals surface area contributed by atoms with E-state index in [2.05, 4.69) is 14.3 Å². The van der Waals surface area contributed by atoms with Gasteiger partial charge in [0.2, 0.25) is 0 Å². The highest BCUT2D eigenvalue weighted by Gasteiger charge is 2.07. The molecule has 2 rings (SSSR count). The van der Waals surface area contributed by atoms with Gasteiger partial charge in [-0.1, -0.05) is 0 Å². The largest absolute Gasteiger partial charge is 0.478 e. The lowest BCUT2D eigenvalue weighted by atomic mass is 10.3. The molecule has 0 atom stereocenters. The summed E-state index contributed by atoms with van der Waals surface area (Å²) in [6.07, 6.45) is 2.67. The molecule has 0 aliphatic carbocycles. The molecule has 0 aliphatic rings. The van der Waals surface area contributed by atoms with Crippen molar-refractivity contribution >= 4 is 17.5 Å². The summed E-state index contributed by atoms with van der Waals surface area (Å²) in [7, 11) is 0. The third-order valence-electron chi connectivity index (χ3n) is 1.67. The Morgan fingerprint density at radius 3 is 2.94 bits per heavy atom. The Kier molecular flexibility index (Phi) is 2.78. The van der Waals surface area contributed by atoms with E-state index in [9.17, 15) is 4.79 Å². The molecule has 0 aromatic carbocycles. The minimum Gasteiger partial charge on any atom is -0.478 e. The van der Waals surface area contributed by atoms with Crippen LogP contribution in [0.5, 0.6) is 10.9 Å². The van der Waals surface area contributed by atoms with Gasteiger partial charge in [0, 0.05) is 17.7 Å². The number of carboxylic acid groups (broad SMARTS) is 1. The van der Waals surface area contributed by atoms with Crippen molar-refractivity contribution in [3.63, 3.8) is 0 Å². The quantitative estimate of drug-likeness (QED) is 0.874. The third-order valence-corrected chi connectivity index (χ3v) is 2.36. The predicted octanol–water partition coefficient (Wildman–Crippen LogP) is 1.73. The zero-order chi connectivity index (χ0) is 11.5. The number of hydrogen-bond acceptors (Lipinski definition) is 6. The van der Waals surface area contributed by atoms with E-state index in [1.165, 1.54) is 18.5 Å². The van der Waals surface area contributed by atoms with E-state index >= 15 is 0 Å². The topological polar surface area (TPSA) is 85.2 Å². The minimum absolute atomic E-state index is 0.0683. The molecule has 0 aliphatic heterocycles.